The molecule has 0 heterocycles. The van der Waals surface area contributed by atoms with Crippen LogP contribution in [-0.4, -0.2) is 50.7 Å². The second kappa shape index (κ2) is 14.2. The van der Waals surface area contributed by atoms with Gasteiger partial charge in [-0.2, -0.15) is 8.42 Å². The fourth-order valence-corrected chi connectivity index (χ4v) is 3.99. The minimum absolute atomic E-state index is 0. The Bertz CT molecular complexity index is 532. The van der Waals surface area contributed by atoms with Crippen LogP contribution < -0.4 is 0 Å². The normalized spacial score (nSPS) is 12.6. The van der Waals surface area contributed by atoms with Gasteiger partial charge < -0.3 is 0 Å². The summed E-state index contributed by atoms with van der Waals surface area (Å²) < 4.78 is 31.4. The van der Waals surface area contributed by atoms with Crippen LogP contribution >= 0.6 is 22.6 Å². The van der Waals surface area contributed by atoms with Gasteiger partial charge in [0.1, 0.15) is 0 Å². The first kappa shape index (κ1) is 25.1. The van der Waals surface area contributed by atoms with Crippen molar-refractivity contribution in [3.05, 3.63) is 29.8 Å². The first-order valence-corrected chi connectivity index (χ1v) is 11.3. The van der Waals surface area contributed by atoms with E-state index in [0.29, 0.717) is 3.92 Å². The molecule has 1 rings (SSSR count). The van der Waals surface area contributed by atoms with E-state index in [2.05, 4.69) is 29.5 Å². The summed E-state index contributed by atoms with van der Waals surface area (Å²) in [6.45, 7) is 2.25. The van der Waals surface area contributed by atoms with E-state index >= 15 is 0 Å². The third-order valence-corrected chi connectivity index (χ3v) is 6.31. The molecule has 0 radical (unpaired) electrons. The largest absolute Gasteiger partial charge is 2.00 e. The molecule has 6 heteroatoms. The summed E-state index contributed by atoms with van der Waals surface area (Å²) in [5.74, 6) is 0. The summed E-state index contributed by atoms with van der Waals surface area (Å²) in [5, 5.41) is 0. The number of hydrogen-bond donors (Lipinski definition) is 1. The molecule has 1 N–H and O–H groups in total. The minimum Gasteiger partial charge on any atom is -0.282 e. The maximum absolute atomic E-state index is 11.0. The second-order valence-corrected chi connectivity index (χ2v) is 9.05. The van der Waals surface area contributed by atoms with Crippen molar-refractivity contribution in [1.82, 2.24) is 0 Å². The molecule has 3 nitrogen and oxygen atoms in total. The Balaban J connectivity index is 0.00000529. The Hall–Kier alpha value is 1.12. The van der Waals surface area contributed by atoms with E-state index in [4.69, 9.17) is 4.55 Å². The maximum atomic E-state index is 11.0. The van der Waals surface area contributed by atoms with Crippen LogP contribution in [0, 0.1) is 0 Å². The van der Waals surface area contributed by atoms with Crippen LogP contribution in [0.5, 0.6) is 0 Å². The minimum atomic E-state index is -4.08. The summed E-state index contributed by atoms with van der Waals surface area (Å²) in [6.07, 6.45) is 13.1. The molecule has 0 bridgehead atoms. The third-order valence-electron chi connectivity index (χ3n) is 4.10. The van der Waals surface area contributed by atoms with Crippen LogP contribution in [0.3, 0.4) is 0 Å². The summed E-state index contributed by atoms with van der Waals surface area (Å²) in [5.41, 5.74) is 1.12. The molecule has 1 atom stereocenters. The van der Waals surface area contributed by atoms with Crippen LogP contribution in [0.4, 0.5) is 0 Å². The van der Waals surface area contributed by atoms with Gasteiger partial charge in [0, 0.05) is 3.92 Å². The van der Waals surface area contributed by atoms with Crippen molar-refractivity contribution < 1.29 is 13.0 Å². The van der Waals surface area contributed by atoms with Gasteiger partial charge in [0.15, 0.2) is 0 Å². The van der Waals surface area contributed by atoms with Crippen LogP contribution in [-0.2, 0) is 10.1 Å². The first-order valence-electron chi connectivity index (χ1n) is 8.66. The van der Waals surface area contributed by atoms with Gasteiger partial charge >= 0.3 is 37.7 Å². The fraction of sp³-hybridized carbons (Fsp3) is 0.667. The molecular weight excluding hydrogens is 463 g/mol. The van der Waals surface area contributed by atoms with E-state index in [1.165, 1.54) is 69.9 Å². The molecule has 0 aromatic heterocycles. The predicted molar refractivity (Wildman–Crippen MR) is 111 cm³/mol. The average Bonchev–Trinajstić information content (AvgIpc) is 2.52. The molecule has 0 aliphatic rings. The SMILES string of the molecule is CCCCCCCCCCCC(I)c1ccc(S(=O)(=O)O)cc1.[Ca+2]. The van der Waals surface area contributed by atoms with Crippen molar-refractivity contribution >= 4 is 70.4 Å². The van der Waals surface area contributed by atoms with Crippen LogP contribution in [0.25, 0.3) is 0 Å². The fourth-order valence-electron chi connectivity index (χ4n) is 2.65. The molecule has 132 valence electrons. The quantitative estimate of drug-likeness (QED) is 0.129. The molecule has 0 aliphatic heterocycles. The van der Waals surface area contributed by atoms with Crippen LogP contribution in [0.1, 0.15) is 80.6 Å². The molecule has 0 saturated carbocycles. The molecule has 1 unspecified atom stereocenters. The van der Waals surface area contributed by atoms with E-state index in [0.717, 1.165) is 12.0 Å². The van der Waals surface area contributed by atoms with Gasteiger partial charge in [-0.3, -0.25) is 4.55 Å². The standard InChI is InChI=1S/C18H29IO3S.Ca/c1-2-3-4-5-6-7-8-9-10-11-18(19)16-12-14-17(15-13-16)23(20,21)22;/h12-15,18H,2-11H2,1H3,(H,20,21,22);/q;+2. The number of rotatable bonds is 12. The second-order valence-electron chi connectivity index (χ2n) is 6.13. The Morgan fingerprint density at radius 2 is 1.38 bits per heavy atom. The van der Waals surface area contributed by atoms with Gasteiger partial charge in [-0.05, 0) is 24.1 Å². The molecule has 0 aliphatic carbocycles. The van der Waals surface area contributed by atoms with Crippen molar-refractivity contribution in [1.29, 1.82) is 0 Å². The predicted octanol–water partition coefficient (Wildman–Crippen LogP) is 5.95. The van der Waals surface area contributed by atoms with Gasteiger partial charge in [0.25, 0.3) is 10.1 Å². The molecule has 0 spiro atoms. The maximum Gasteiger partial charge on any atom is 2.00 e. The molecule has 0 amide bonds. The molecular formula is C18H29CaIO3S+2. The van der Waals surface area contributed by atoms with Gasteiger partial charge in [-0.15, -0.1) is 0 Å². The average molecular weight is 492 g/mol. The van der Waals surface area contributed by atoms with Gasteiger partial charge in [-0.25, -0.2) is 0 Å². The Morgan fingerprint density at radius 1 is 0.917 bits per heavy atom. The topological polar surface area (TPSA) is 54.4 Å². The monoisotopic (exact) mass is 492 g/mol. The summed E-state index contributed by atoms with van der Waals surface area (Å²) in [6, 6.07) is 6.56. The third kappa shape index (κ3) is 11.0. The zero-order valence-corrected chi connectivity index (χ0v) is 19.9. The first-order chi connectivity index (χ1) is 10.9. The number of halogens is 1. The van der Waals surface area contributed by atoms with Gasteiger partial charge in [0.2, 0.25) is 0 Å². The molecule has 0 saturated heterocycles. The van der Waals surface area contributed by atoms with E-state index in [1.807, 2.05) is 0 Å². The molecule has 1 aromatic carbocycles. The van der Waals surface area contributed by atoms with Crippen molar-refractivity contribution in [2.75, 3.05) is 0 Å². The molecule has 1 aromatic rings. The summed E-state index contributed by atoms with van der Waals surface area (Å²) in [4.78, 5) is -0.0343. The number of unbranched alkanes of at least 4 members (excludes halogenated alkanes) is 8. The van der Waals surface area contributed by atoms with Crippen molar-refractivity contribution in [3.63, 3.8) is 0 Å². The molecule has 24 heavy (non-hydrogen) atoms. The van der Waals surface area contributed by atoms with Crippen molar-refractivity contribution in [2.45, 2.75) is 80.0 Å². The van der Waals surface area contributed by atoms with Crippen LogP contribution in [0.15, 0.2) is 29.2 Å². The number of hydrogen-bond acceptors (Lipinski definition) is 2. The smallest absolute Gasteiger partial charge is 0.282 e. The van der Waals surface area contributed by atoms with E-state index < -0.39 is 10.1 Å². The number of benzene rings is 1. The Labute approximate surface area is 191 Å². The van der Waals surface area contributed by atoms with Gasteiger partial charge in [-0.1, -0.05) is 99.4 Å². The summed E-state index contributed by atoms with van der Waals surface area (Å²) in [7, 11) is -4.08. The Morgan fingerprint density at radius 3 is 1.83 bits per heavy atom. The van der Waals surface area contributed by atoms with E-state index in [-0.39, 0.29) is 42.6 Å². The zero-order valence-electron chi connectivity index (χ0n) is 14.7. The summed E-state index contributed by atoms with van der Waals surface area (Å²) >= 11 is 2.41. The van der Waals surface area contributed by atoms with Crippen LogP contribution in [0.2, 0.25) is 0 Å². The van der Waals surface area contributed by atoms with Crippen molar-refractivity contribution in [3.8, 4) is 0 Å². The van der Waals surface area contributed by atoms with Crippen molar-refractivity contribution in [2.24, 2.45) is 0 Å². The van der Waals surface area contributed by atoms with Gasteiger partial charge in [0.05, 0.1) is 4.90 Å². The van der Waals surface area contributed by atoms with E-state index in [9.17, 15) is 8.42 Å². The van der Waals surface area contributed by atoms with E-state index in [1.54, 1.807) is 12.1 Å². The number of alkyl halides is 1. The Kier molecular flexibility index (Phi) is 14.9. The zero-order chi connectivity index (χ0) is 17.1. The molecule has 0 fully saturated rings.